The van der Waals surface area contributed by atoms with Gasteiger partial charge in [0.1, 0.15) is 0 Å². The van der Waals surface area contributed by atoms with Gasteiger partial charge in [0.25, 0.3) is 0 Å². The molecule has 0 spiro atoms. The first kappa shape index (κ1) is 31.3. The first-order chi connectivity index (χ1) is 20.7. The summed E-state index contributed by atoms with van der Waals surface area (Å²) in [4.78, 5) is 0. The Morgan fingerprint density at radius 2 is 1.09 bits per heavy atom. The van der Waals surface area contributed by atoms with E-state index in [1.165, 1.54) is 33.4 Å². The number of benzene rings is 4. The average molecular weight is 672 g/mol. The topological polar surface area (TPSA) is 0 Å². The van der Waals surface area contributed by atoms with Gasteiger partial charge in [-0.2, -0.15) is 0 Å². The minimum atomic E-state index is -2.76. The number of allylic oxidation sites excluding steroid dienone is 4. The van der Waals surface area contributed by atoms with E-state index in [0.717, 1.165) is 6.42 Å². The van der Waals surface area contributed by atoms with Crippen LogP contribution in [0.2, 0.25) is 19.6 Å². The van der Waals surface area contributed by atoms with E-state index in [9.17, 15) is 0 Å². The maximum atomic E-state index is 2.70. The Kier molecular flexibility index (Phi) is 8.26. The van der Waals surface area contributed by atoms with Crippen molar-refractivity contribution in [2.45, 2.75) is 82.1 Å². The zero-order valence-corrected chi connectivity index (χ0v) is 31.6. The summed E-state index contributed by atoms with van der Waals surface area (Å²) in [6, 6.07) is 37.7. The Hall–Kier alpha value is -2.67. The molecule has 0 aromatic heterocycles. The van der Waals surface area contributed by atoms with Crippen molar-refractivity contribution < 1.29 is 21.3 Å². The maximum absolute atomic E-state index is 2.76. The second kappa shape index (κ2) is 11.6. The molecule has 0 N–H and O–H groups in total. The predicted molar refractivity (Wildman–Crippen MR) is 191 cm³/mol. The van der Waals surface area contributed by atoms with Gasteiger partial charge in [-0.1, -0.05) is 0 Å². The Labute approximate surface area is 275 Å². The molecule has 224 valence electrons. The summed E-state index contributed by atoms with van der Waals surface area (Å²) >= 11 is -2.76. The third-order valence-corrected chi connectivity index (χ3v) is 19.8. The zero-order valence-electron chi connectivity index (χ0n) is 28.2. The molecular weight excluding hydrogens is 624 g/mol. The summed E-state index contributed by atoms with van der Waals surface area (Å²) in [5.41, 5.74) is 11.9. The number of rotatable bonds is 5. The van der Waals surface area contributed by atoms with Gasteiger partial charge >= 0.3 is 277 Å². The van der Waals surface area contributed by atoms with Crippen LogP contribution in [0.3, 0.4) is 0 Å². The number of hydrogen-bond donors (Lipinski definition) is 0. The van der Waals surface area contributed by atoms with Crippen molar-refractivity contribution in [3.63, 3.8) is 0 Å². The number of hydrogen-bond acceptors (Lipinski definition) is 0. The van der Waals surface area contributed by atoms with Crippen molar-refractivity contribution in [1.29, 1.82) is 0 Å². The molecule has 0 nitrogen and oxygen atoms in total. The van der Waals surface area contributed by atoms with Crippen LogP contribution in [0.1, 0.15) is 85.0 Å². The van der Waals surface area contributed by atoms with Crippen LogP contribution >= 0.6 is 0 Å². The standard InChI is InChI=1S/C21H25.C13H10.C8H13Si.Zr/c1-20(2,3)16-7-9-18-14(12-16)11-15-13-17(21(4,5)6)8-10-19(15)18;1-3-7-12(8-4-1)11-13-9-5-2-6-10-13;1-9(2,3)8-6-4-5-7-8;/h7-13H,1-6H3;1-10H;6-7H,4H2,1-3H3;. The number of fused-ring (bicyclic) bond motifs is 3. The van der Waals surface area contributed by atoms with Gasteiger partial charge in [-0.05, 0) is 0 Å². The van der Waals surface area contributed by atoms with Crippen LogP contribution in [0.25, 0.3) is 11.1 Å². The van der Waals surface area contributed by atoms with Crippen LogP contribution in [0.15, 0.2) is 118 Å². The van der Waals surface area contributed by atoms with E-state index in [2.05, 4.69) is 170 Å². The first-order valence-corrected chi connectivity index (χ1v) is 23.7. The van der Waals surface area contributed by atoms with Crippen LogP contribution in [0.5, 0.6) is 0 Å². The van der Waals surface area contributed by atoms with Gasteiger partial charge in [0.15, 0.2) is 0 Å². The molecule has 0 aliphatic heterocycles. The molecule has 0 saturated heterocycles. The molecule has 4 aromatic carbocycles. The second-order valence-electron chi connectivity index (χ2n) is 15.8. The van der Waals surface area contributed by atoms with Crippen molar-refractivity contribution >= 4 is 11.3 Å². The molecule has 2 aliphatic carbocycles. The first-order valence-electron chi connectivity index (χ1n) is 16.3. The summed E-state index contributed by atoms with van der Waals surface area (Å²) in [7, 11) is -1.45. The van der Waals surface area contributed by atoms with Crippen LogP contribution in [0.4, 0.5) is 0 Å². The fourth-order valence-corrected chi connectivity index (χ4v) is 17.6. The molecule has 0 fully saturated rings. The Morgan fingerprint density at radius 3 is 1.48 bits per heavy atom. The van der Waals surface area contributed by atoms with Gasteiger partial charge in [0.05, 0.1) is 0 Å². The Bertz CT molecular complexity index is 1700. The monoisotopic (exact) mass is 670 g/mol. The molecule has 0 amide bonds. The summed E-state index contributed by atoms with van der Waals surface area (Å²) in [6.45, 7) is 21.7. The van der Waals surface area contributed by atoms with E-state index in [1.54, 1.807) is 22.8 Å². The summed E-state index contributed by atoms with van der Waals surface area (Å²) in [6.07, 6.45) is 6.41. The quantitative estimate of drug-likeness (QED) is 0.185. The summed E-state index contributed by atoms with van der Waals surface area (Å²) < 4.78 is 3.80. The van der Waals surface area contributed by atoms with Gasteiger partial charge in [0.2, 0.25) is 0 Å². The van der Waals surface area contributed by atoms with E-state index in [1.807, 2.05) is 0 Å². The molecule has 0 unspecified atom stereocenters. The van der Waals surface area contributed by atoms with Crippen LogP contribution in [-0.4, -0.2) is 11.3 Å². The minimum absolute atomic E-state index is 0.0963. The van der Waals surface area contributed by atoms with E-state index in [0.29, 0.717) is 3.63 Å². The molecule has 2 heteroatoms. The molecule has 0 saturated carbocycles. The Morgan fingerprint density at radius 1 is 0.636 bits per heavy atom. The normalized spacial score (nSPS) is 15.0. The molecule has 0 bridgehead atoms. The van der Waals surface area contributed by atoms with Crippen molar-refractivity contribution in [1.82, 2.24) is 0 Å². The van der Waals surface area contributed by atoms with Gasteiger partial charge in [-0.25, -0.2) is 0 Å². The van der Waals surface area contributed by atoms with Crippen LogP contribution in [0, 0.1) is 0 Å². The van der Waals surface area contributed by atoms with E-state index < -0.39 is 29.3 Å². The van der Waals surface area contributed by atoms with Gasteiger partial charge in [-0.15, -0.1) is 0 Å². The predicted octanol–water partition coefficient (Wildman–Crippen LogP) is 11.3. The molecule has 0 radical (unpaired) electrons. The molecule has 2 aliphatic rings. The molecular formula is C42H48SiZr. The molecule has 0 heterocycles. The summed E-state index contributed by atoms with van der Waals surface area (Å²) in [5.74, 6) is 0. The van der Waals surface area contributed by atoms with Crippen molar-refractivity contribution in [2.24, 2.45) is 0 Å². The SMILES string of the molecule is CC(C)(C)c1ccc2c(c1)[CH]([Zr]([C]1=CC([Si](C)(C)C)=CC1)=[C](c1ccccc1)c1ccccc1)c1cc(C(C)(C)C)ccc1-2. The molecule has 0 atom stereocenters. The third-order valence-electron chi connectivity index (χ3n) is 9.51. The third kappa shape index (κ3) is 5.98. The van der Waals surface area contributed by atoms with Crippen LogP contribution < -0.4 is 0 Å². The van der Waals surface area contributed by atoms with Gasteiger partial charge in [-0.3, -0.25) is 0 Å². The fraction of sp³-hybridized carbons (Fsp3) is 0.310. The Balaban J connectivity index is 1.75. The van der Waals surface area contributed by atoms with Crippen LogP contribution in [-0.2, 0) is 32.1 Å². The van der Waals surface area contributed by atoms with E-state index >= 15 is 0 Å². The van der Waals surface area contributed by atoms with Gasteiger partial charge in [0, 0.05) is 0 Å². The fourth-order valence-electron chi connectivity index (χ4n) is 6.92. The van der Waals surface area contributed by atoms with Crippen molar-refractivity contribution in [3.8, 4) is 11.1 Å². The van der Waals surface area contributed by atoms with Crippen molar-refractivity contribution in [2.75, 3.05) is 0 Å². The van der Waals surface area contributed by atoms with E-state index in [4.69, 9.17) is 0 Å². The molecule has 44 heavy (non-hydrogen) atoms. The van der Waals surface area contributed by atoms with Crippen molar-refractivity contribution in [3.05, 3.63) is 151 Å². The average Bonchev–Trinajstić information content (AvgIpc) is 3.59. The zero-order chi connectivity index (χ0) is 31.4. The van der Waals surface area contributed by atoms with Gasteiger partial charge < -0.3 is 0 Å². The molecule has 4 aromatic rings. The molecule has 6 rings (SSSR count). The van der Waals surface area contributed by atoms with E-state index in [-0.39, 0.29) is 10.8 Å². The summed E-state index contributed by atoms with van der Waals surface area (Å²) in [5, 5.41) is 1.64. The second-order valence-corrected chi connectivity index (χ2v) is 27.2.